The number of esters is 1. The Morgan fingerprint density at radius 1 is 0.756 bits per heavy atom. The number of amides is 3. The minimum atomic E-state index is -4.63. The number of carbonyl (C=O) groups excluding carboxylic acids is 4. The second-order valence-corrected chi connectivity index (χ2v) is 25.1. The van der Waals surface area contributed by atoms with Gasteiger partial charge in [0.05, 0.1) is 97.3 Å². The standard InChI is InChI=1S/C55H99N8O14P/c1-8-19-42-38-61(39-42)28-18-13-11-9-10-12-16-21-50(64)57-48(41-77-78(70,71)76-33-30-63(5,6)7)53(68)58-47(20-15-14-17-22-51(65)66)52(67)56-27-31-72-34-36-74-37-35-73-32-29-62-49-26-24-44-43(23-25-46(49)59-60-62)45(44)40-75-54(69)55(2,3)4/h42-45,47-48H,8-41H2,1-7H3,(H4-,56,57,58,64,65,66,67,68,70,71)/p+1/t43-,44+,45-,47-,48-/m0/s1. The number of hydrogen-bond acceptors (Lipinski definition) is 15. The van der Waals surface area contributed by atoms with Crippen LogP contribution < -0.4 is 16.0 Å². The van der Waals surface area contributed by atoms with E-state index in [1.165, 1.54) is 38.8 Å². The van der Waals surface area contributed by atoms with Crippen LogP contribution in [0.2, 0.25) is 0 Å². The van der Waals surface area contributed by atoms with Gasteiger partial charge in [-0.2, -0.15) is 0 Å². The summed E-state index contributed by atoms with van der Waals surface area (Å²) in [4.78, 5) is 77.0. The van der Waals surface area contributed by atoms with Gasteiger partial charge in [-0.05, 0) is 109 Å². The van der Waals surface area contributed by atoms with Crippen LogP contribution in [-0.4, -0.2) is 189 Å². The van der Waals surface area contributed by atoms with Crippen molar-refractivity contribution in [2.24, 2.45) is 29.1 Å². The number of rotatable bonds is 43. The van der Waals surface area contributed by atoms with E-state index in [4.69, 9.17) is 33.1 Å². The smallest absolute Gasteiger partial charge is 0.472 e. The molecule has 2 heterocycles. The molecular formula is C55H100N8O14P+. The highest BCUT2D eigenvalue weighted by molar-refractivity contribution is 7.47. The van der Waals surface area contributed by atoms with Crippen molar-refractivity contribution in [2.75, 3.05) is 113 Å². The van der Waals surface area contributed by atoms with Crippen molar-refractivity contribution in [3.05, 3.63) is 11.4 Å². The maximum Gasteiger partial charge on any atom is 0.472 e. The highest BCUT2D eigenvalue weighted by Gasteiger charge is 2.50. The summed E-state index contributed by atoms with van der Waals surface area (Å²) in [5, 5.41) is 26.1. The molecule has 23 heteroatoms. The van der Waals surface area contributed by atoms with E-state index in [0.717, 1.165) is 75.2 Å². The Hall–Kier alpha value is -3.60. The minimum absolute atomic E-state index is 0.0332. The lowest BCUT2D eigenvalue weighted by atomic mass is 9.95. The van der Waals surface area contributed by atoms with Gasteiger partial charge in [0.1, 0.15) is 25.2 Å². The highest BCUT2D eigenvalue weighted by Crippen LogP contribution is 2.53. The van der Waals surface area contributed by atoms with E-state index in [2.05, 4.69) is 38.1 Å². The summed E-state index contributed by atoms with van der Waals surface area (Å²) in [5.74, 6) is -0.407. The molecule has 0 aromatic carbocycles. The second-order valence-electron chi connectivity index (χ2n) is 23.7. The first-order valence-electron chi connectivity index (χ1n) is 29.2. The van der Waals surface area contributed by atoms with E-state index in [0.29, 0.717) is 94.0 Å². The molecule has 448 valence electrons. The van der Waals surface area contributed by atoms with Crippen molar-refractivity contribution in [2.45, 2.75) is 168 Å². The Kier molecular flexibility index (Phi) is 30.3. The molecular weight excluding hydrogens is 1030 g/mol. The number of phosphoric ester groups is 1. The van der Waals surface area contributed by atoms with Gasteiger partial charge >= 0.3 is 19.8 Å². The number of carboxylic acids is 1. The van der Waals surface area contributed by atoms with E-state index in [-0.39, 0.29) is 51.6 Å². The molecule has 4 rings (SSSR count). The molecule has 6 atom stereocenters. The number of quaternary nitrogens is 1. The van der Waals surface area contributed by atoms with Gasteiger partial charge in [0.2, 0.25) is 17.7 Å². The van der Waals surface area contributed by atoms with Gasteiger partial charge in [0.15, 0.2) is 0 Å². The van der Waals surface area contributed by atoms with Gasteiger partial charge < -0.3 is 54.3 Å². The third-order valence-corrected chi connectivity index (χ3v) is 15.8. The average Bonchev–Trinajstić information content (AvgIpc) is 3.86. The molecule has 0 radical (unpaired) electrons. The zero-order valence-corrected chi connectivity index (χ0v) is 49.4. The second kappa shape index (κ2) is 35.3. The first-order valence-corrected chi connectivity index (χ1v) is 30.7. The summed E-state index contributed by atoms with van der Waals surface area (Å²) in [6.07, 6.45) is 15.0. The molecule has 2 fully saturated rings. The third-order valence-electron chi connectivity index (χ3n) is 14.8. The van der Waals surface area contributed by atoms with Gasteiger partial charge in [0.25, 0.3) is 0 Å². The van der Waals surface area contributed by atoms with Crippen molar-refractivity contribution in [3.63, 3.8) is 0 Å². The Bertz CT molecular complexity index is 1990. The molecule has 1 aliphatic heterocycles. The molecule has 1 unspecified atom stereocenters. The average molecular weight is 1130 g/mol. The van der Waals surface area contributed by atoms with Gasteiger partial charge in [-0.15, -0.1) is 5.10 Å². The van der Waals surface area contributed by atoms with Crippen LogP contribution in [-0.2, 0) is 75.9 Å². The molecule has 1 aromatic rings. The lowest BCUT2D eigenvalue weighted by Gasteiger charge is -2.39. The van der Waals surface area contributed by atoms with E-state index >= 15 is 0 Å². The Labute approximate surface area is 465 Å². The number of aryl methyl sites for hydroxylation is 1. The summed E-state index contributed by atoms with van der Waals surface area (Å²) in [5.41, 5.74) is 1.69. The van der Waals surface area contributed by atoms with Crippen molar-refractivity contribution in [3.8, 4) is 0 Å². The van der Waals surface area contributed by atoms with Crippen LogP contribution in [0.15, 0.2) is 0 Å². The number of likely N-dealkylation sites (N-methyl/N-ethyl adjacent to an activating group) is 1. The Morgan fingerprint density at radius 2 is 1.38 bits per heavy atom. The predicted octanol–water partition coefficient (Wildman–Crippen LogP) is 5.47. The van der Waals surface area contributed by atoms with Crippen LogP contribution in [0.1, 0.15) is 148 Å². The topological polar surface area (TPSA) is 268 Å². The van der Waals surface area contributed by atoms with Gasteiger partial charge in [0, 0.05) is 32.5 Å². The van der Waals surface area contributed by atoms with E-state index < -0.39 is 55.6 Å². The molecule has 3 amide bonds. The normalized spacial score (nSPS) is 19.3. The van der Waals surface area contributed by atoms with E-state index in [9.17, 15) is 33.4 Å². The molecule has 78 heavy (non-hydrogen) atoms. The predicted molar refractivity (Wildman–Crippen MR) is 294 cm³/mol. The summed E-state index contributed by atoms with van der Waals surface area (Å²) >= 11 is 0. The van der Waals surface area contributed by atoms with Crippen molar-refractivity contribution in [1.29, 1.82) is 0 Å². The monoisotopic (exact) mass is 1130 g/mol. The summed E-state index contributed by atoms with van der Waals surface area (Å²) in [7, 11) is 1.06. The maximum atomic E-state index is 13.9. The molecule has 5 N–H and O–H groups in total. The van der Waals surface area contributed by atoms with Crippen LogP contribution in [0.25, 0.3) is 0 Å². The number of nitrogens with zero attached hydrogens (tertiary/aromatic N) is 5. The number of phosphoric acid groups is 1. The lowest BCUT2D eigenvalue weighted by molar-refractivity contribution is -0.870. The molecule has 0 spiro atoms. The number of fused-ring (bicyclic) bond motifs is 2. The Balaban J connectivity index is 1.14. The van der Waals surface area contributed by atoms with Crippen LogP contribution in [0.3, 0.4) is 0 Å². The van der Waals surface area contributed by atoms with Crippen molar-refractivity contribution < 1.29 is 71.0 Å². The number of likely N-dealkylation sites (tertiary alicyclic amines) is 1. The largest absolute Gasteiger partial charge is 0.481 e. The van der Waals surface area contributed by atoms with Gasteiger partial charge in [-0.3, -0.25) is 33.0 Å². The fourth-order valence-electron chi connectivity index (χ4n) is 10.1. The van der Waals surface area contributed by atoms with Crippen LogP contribution in [0, 0.1) is 29.1 Å². The van der Waals surface area contributed by atoms with E-state index in [1.54, 1.807) is 0 Å². The van der Waals surface area contributed by atoms with Crippen LogP contribution in [0.5, 0.6) is 0 Å². The third kappa shape index (κ3) is 27.2. The number of unbranched alkanes of at least 4 members (excludes halogenated alkanes) is 8. The SMILES string of the molecule is CCCC1CN(CCCCCCCCCC(=O)N[C@@H](COP(=O)(O)OCC[N+](C)(C)C)C(=O)N[C@@H](CCCCCC(=O)O)C(=O)NCCOCCOCCOCCn2nnc3c2CC[C@@H]2[C@H](CC3)[C@@H]2COC(=O)C(C)(C)C)C1. The fourth-order valence-corrected chi connectivity index (χ4v) is 10.8. The number of aromatic nitrogens is 3. The molecule has 2 aliphatic carbocycles. The zero-order chi connectivity index (χ0) is 57.0. The summed E-state index contributed by atoms with van der Waals surface area (Å²) < 4.78 is 48.5. The highest BCUT2D eigenvalue weighted by atomic mass is 31.2. The maximum absolute atomic E-state index is 13.9. The minimum Gasteiger partial charge on any atom is -0.481 e. The number of hydrogen-bond donors (Lipinski definition) is 5. The number of carboxylic acid groups (broad SMARTS) is 1. The van der Waals surface area contributed by atoms with Gasteiger partial charge in [-0.1, -0.05) is 63.5 Å². The molecule has 1 aromatic heterocycles. The molecule has 3 aliphatic rings. The summed E-state index contributed by atoms with van der Waals surface area (Å²) in [6, 6.07) is -2.50. The molecule has 0 bridgehead atoms. The first kappa shape index (κ1) is 66.9. The molecule has 22 nitrogen and oxygen atoms in total. The van der Waals surface area contributed by atoms with Crippen LogP contribution >= 0.6 is 7.82 Å². The molecule has 1 saturated carbocycles. The zero-order valence-electron chi connectivity index (χ0n) is 48.5. The Morgan fingerprint density at radius 3 is 2.05 bits per heavy atom. The number of nitrogens with one attached hydrogen (secondary N) is 3. The van der Waals surface area contributed by atoms with Crippen molar-refractivity contribution >= 4 is 37.5 Å². The lowest BCUT2D eigenvalue weighted by Crippen LogP contribution is -2.55. The summed E-state index contributed by atoms with van der Waals surface area (Å²) in [6.45, 7) is 14.2. The number of carbonyl (C=O) groups is 5. The van der Waals surface area contributed by atoms with E-state index in [1.807, 2.05) is 46.6 Å². The molecule has 1 saturated heterocycles. The quantitative estimate of drug-likeness (QED) is 0.0235. The number of aliphatic carboxylic acids is 1. The van der Waals surface area contributed by atoms with Gasteiger partial charge in [-0.25, -0.2) is 9.25 Å². The van der Waals surface area contributed by atoms with Crippen molar-refractivity contribution in [1.82, 2.24) is 35.8 Å². The number of ether oxygens (including phenoxy) is 4. The van der Waals surface area contributed by atoms with Crippen LogP contribution in [0.4, 0.5) is 0 Å². The fraction of sp³-hybridized carbons (Fsp3) is 0.873. The first-order chi connectivity index (χ1) is 37.2.